The van der Waals surface area contributed by atoms with Crippen LogP contribution in [0.1, 0.15) is 49.7 Å². The molecule has 0 atom stereocenters. The lowest BCUT2D eigenvalue weighted by atomic mass is 10.1. The number of anilines is 2. The molecule has 2 aliphatic heterocycles. The second-order valence-corrected chi connectivity index (χ2v) is 9.35. The summed E-state index contributed by atoms with van der Waals surface area (Å²) < 4.78 is 0. The Hall–Kier alpha value is -3.79. The van der Waals surface area contributed by atoms with Crippen LogP contribution in [0.5, 0.6) is 0 Å². The van der Waals surface area contributed by atoms with E-state index in [0.717, 1.165) is 98.9 Å². The standard InChI is InChI=1S/C28H38N8O2.ClH/c37-27(35-23-11-7-21(8-12-23)25-29-17-18-30-25)33-15-5-3-1-2-4-6-16-34-28(38)36-24-13-9-22(10-14-24)26-31-19-20-32-26;/h7-14H,1-6,15-20H2,(H,29,30)(H,31,32)(H2,33,35,37)(H2,34,36,38);1H. The first-order valence-corrected chi connectivity index (χ1v) is 13.5. The molecule has 2 aliphatic rings. The van der Waals surface area contributed by atoms with Crippen molar-refractivity contribution in [3.05, 3.63) is 59.7 Å². The number of hydrogen-bond donors (Lipinski definition) is 6. The summed E-state index contributed by atoms with van der Waals surface area (Å²) in [6.07, 6.45) is 6.25. The van der Waals surface area contributed by atoms with E-state index in [9.17, 15) is 9.59 Å². The predicted molar refractivity (Wildman–Crippen MR) is 161 cm³/mol. The fourth-order valence-electron chi connectivity index (χ4n) is 4.32. The Bertz CT molecular complexity index is 1030. The van der Waals surface area contributed by atoms with Gasteiger partial charge in [-0.2, -0.15) is 0 Å². The maximum atomic E-state index is 12.1. The van der Waals surface area contributed by atoms with Crippen molar-refractivity contribution in [3.8, 4) is 0 Å². The van der Waals surface area contributed by atoms with E-state index in [1.165, 1.54) is 0 Å². The van der Waals surface area contributed by atoms with Gasteiger partial charge in [-0.05, 0) is 61.4 Å². The van der Waals surface area contributed by atoms with Gasteiger partial charge in [0.15, 0.2) is 0 Å². The van der Waals surface area contributed by atoms with Crippen molar-refractivity contribution in [2.75, 3.05) is 49.9 Å². The molecule has 11 heteroatoms. The van der Waals surface area contributed by atoms with Crippen LogP contribution < -0.4 is 31.9 Å². The van der Waals surface area contributed by atoms with Crippen LogP contribution in [-0.4, -0.2) is 63.0 Å². The van der Waals surface area contributed by atoms with Gasteiger partial charge in [0.1, 0.15) is 11.7 Å². The zero-order valence-corrected chi connectivity index (χ0v) is 23.0. The van der Waals surface area contributed by atoms with Gasteiger partial charge in [-0.3, -0.25) is 9.98 Å². The smallest absolute Gasteiger partial charge is 0.319 e. The predicted octanol–water partition coefficient (Wildman–Crippen LogP) is 4.09. The summed E-state index contributed by atoms with van der Waals surface area (Å²) in [5.41, 5.74) is 3.58. The van der Waals surface area contributed by atoms with E-state index < -0.39 is 0 Å². The zero-order valence-electron chi connectivity index (χ0n) is 22.2. The van der Waals surface area contributed by atoms with E-state index >= 15 is 0 Å². The first-order chi connectivity index (χ1) is 18.7. The van der Waals surface area contributed by atoms with Gasteiger partial charge in [-0.15, -0.1) is 12.4 Å². The third-order valence-corrected chi connectivity index (χ3v) is 6.36. The lowest BCUT2D eigenvalue weighted by molar-refractivity contribution is 0.251. The molecule has 0 radical (unpaired) electrons. The molecule has 0 aliphatic carbocycles. The van der Waals surface area contributed by atoms with Gasteiger partial charge in [0, 0.05) is 48.7 Å². The first kappa shape index (κ1) is 29.8. The van der Waals surface area contributed by atoms with Crippen LogP contribution in [0, 0.1) is 0 Å². The van der Waals surface area contributed by atoms with E-state index in [1.807, 2.05) is 48.5 Å². The van der Waals surface area contributed by atoms with Crippen molar-refractivity contribution in [2.24, 2.45) is 9.98 Å². The summed E-state index contributed by atoms with van der Waals surface area (Å²) in [4.78, 5) is 33.0. The molecule has 4 amide bonds. The van der Waals surface area contributed by atoms with Crippen molar-refractivity contribution in [1.29, 1.82) is 0 Å². The average molecular weight is 555 g/mol. The molecular formula is C28H39ClN8O2. The van der Waals surface area contributed by atoms with Gasteiger partial charge < -0.3 is 31.9 Å². The fraction of sp³-hybridized carbons (Fsp3) is 0.429. The molecule has 6 N–H and O–H groups in total. The van der Waals surface area contributed by atoms with Crippen LogP contribution in [0.25, 0.3) is 0 Å². The lowest BCUT2D eigenvalue weighted by Crippen LogP contribution is -2.29. The molecule has 0 spiro atoms. The van der Waals surface area contributed by atoms with Gasteiger partial charge in [0.05, 0.1) is 13.1 Å². The third-order valence-electron chi connectivity index (χ3n) is 6.36. The molecule has 0 saturated heterocycles. The van der Waals surface area contributed by atoms with Crippen LogP contribution in [0.4, 0.5) is 21.0 Å². The highest BCUT2D eigenvalue weighted by atomic mass is 35.5. The van der Waals surface area contributed by atoms with Crippen molar-refractivity contribution in [1.82, 2.24) is 21.3 Å². The number of nitrogens with one attached hydrogen (secondary N) is 6. The molecule has 2 aromatic carbocycles. The molecule has 210 valence electrons. The Balaban J connectivity index is 0.00000420. The lowest BCUT2D eigenvalue weighted by Gasteiger charge is -2.09. The van der Waals surface area contributed by atoms with Gasteiger partial charge >= 0.3 is 12.1 Å². The normalized spacial score (nSPS) is 13.7. The number of aliphatic imine (C=N–C) groups is 2. The summed E-state index contributed by atoms with van der Waals surface area (Å²) in [6, 6.07) is 15.0. The number of halogens is 1. The number of benzene rings is 2. The SMILES string of the molecule is Cl.O=C(NCCCCCCCCNC(=O)Nc1ccc(C2=NCCN2)cc1)Nc1ccc(C2=NCCN2)cc1. The summed E-state index contributed by atoms with van der Waals surface area (Å²) in [6.45, 7) is 4.66. The summed E-state index contributed by atoms with van der Waals surface area (Å²) >= 11 is 0. The van der Waals surface area contributed by atoms with Gasteiger partial charge in [0.2, 0.25) is 0 Å². The number of rotatable bonds is 13. The number of amides is 4. The molecule has 0 fully saturated rings. The van der Waals surface area contributed by atoms with Crippen molar-refractivity contribution < 1.29 is 9.59 Å². The van der Waals surface area contributed by atoms with Crippen LogP contribution >= 0.6 is 12.4 Å². The topological polar surface area (TPSA) is 131 Å². The van der Waals surface area contributed by atoms with E-state index in [1.54, 1.807) is 0 Å². The van der Waals surface area contributed by atoms with Crippen LogP contribution in [0.15, 0.2) is 58.5 Å². The number of hydrogen-bond acceptors (Lipinski definition) is 6. The number of unbranched alkanes of at least 4 members (excludes halogenated alkanes) is 5. The molecule has 4 rings (SSSR count). The molecule has 0 saturated carbocycles. The molecule has 10 nitrogen and oxygen atoms in total. The molecule has 0 unspecified atom stereocenters. The van der Waals surface area contributed by atoms with E-state index in [4.69, 9.17) is 0 Å². The van der Waals surface area contributed by atoms with Crippen LogP contribution in [0.2, 0.25) is 0 Å². The number of nitrogens with zero attached hydrogens (tertiary/aromatic N) is 2. The van der Waals surface area contributed by atoms with Gasteiger partial charge in [-0.25, -0.2) is 9.59 Å². The minimum atomic E-state index is -0.186. The number of amidine groups is 2. The Morgan fingerprint density at radius 2 is 1.00 bits per heavy atom. The Kier molecular flexibility index (Phi) is 12.4. The minimum Gasteiger partial charge on any atom is -0.368 e. The maximum absolute atomic E-state index is 12.1. The minimum absolute atomic E-state index is 0. The van der Waals surface area contributed by atoms with Crippen LogP contribution in [0.3, 0.4) is 0 Å². The highest BCUT2D eigenvalue weighted by Crippen LogP contribution is 2.12. The van der Waals surface area contributed by atoms with Crippen molar-refractivity contribution >= 4 is 47.5 Å². The maximum Gasteiger partial charge on any atom is 0.319 e. The summed E-state index contributed by atoms with van der Waals surface area (Å²) in [7, 11) is 0. The molecular weight excluding hydrogens is 516 g/mol. The fourth-order valence-corrected chi connectivity index (χ4v) is 4.32. The molecule has 2 aromatic rings. The molecule has 2 heterocycles. The highest BCUT2D eigenvalue weighted by molar-refractivity contribution is 6.01. The second kappa shape index (κ2) is 16.2. The zero-order chi connectivity index (χ0) is 26.4. The van der Waals surface area contributed by atoms with Crippen molar-refractivity contribution in [3.63, 3.8) is 0 Å². The van der Waals surface area contributed by atoms with E-state index in [2.05, 4.69) is 41.9 Å². The largest absolute Gasteiger partial charge is 0.368 e. The Morgan fingerprint density at radius 1 is 0.615 bits per heavy atom. The Labute approximate surface area is 236 Å². The quantitative estimate of drug-likeness (QED) is 0.208. The van der Waals surface area contributed by atoms with E-state index in [-0.39, 0.29) is 24.5 Å². The molecule has 0 bridgehead atoms. The Morgan fingerprint density at radius 3 is 1.36 bits per heavy atom. The number of carbonyl (C=O) groups is 2. The first-order valence-electron chi connectivity index (χ1n) is 13.5. The average Bonchev–Trinajstić information content (AvgIpc) is 3.66. The second-order valence-electron chi connectivity index (χ2n) is 9.35. The molecule has 0 aromatic heterocycles. The summed E-state index contributed by atoms with van der Waals surface area (Å²) in [5, 5.41) is 18.0. The van der Waals surface area contributed by atoms with E-state index in [0.29, 0.717) is 13.1 Å². The van der Waals surface area contributed by atoms with Gasteiger partial charge in [0.25, 0.3) is 0 Å². The monoisotopic (exact) mass is 554 g/mol. The number of carbonyl (C=O) groups excluding carboxylic acids is 2. The third kappa shape index (κ3) is 10.1. The van der Waals surface area contributed by atoms with Crippen LogP contribution in [-0.2, 0) is 0 Å². The summed E-state index contributed by atoms with van der Waals surface area (Å²) in [5.74, 6) is 1.82. The molecule has 39 heavy (non-hydrogen) atoms. The van der Waals surface area contributed by atoms with Crippen molar-refractivity contribution in [2.45, 2.75) is 38.5 Å². The number of urea groups is 2. The highest BCUT2D eigenvalue weighted by Gasteiger charge is 2.09. The van der Waals surface area contributed by atoms with Gasteiger partial charge in [-0.1, -0.05) is 25.7 Å².